The minimum absolute atomic E-state index is 0.563. The van der Waals surface area contributed by atoms with Gasteiger partial charge in [-0.2, -0.15) is 0 Å². The molecule has 1 saturated heterocycles. The predicted molar refractivity (Wildman–Crippen MR) is 64.8 cm³/mol. The number of hydrogen-bond acceptors (Lipinski definition) is 5. The zero-order valence-electron chi connectivity index (χ0n) is 9.67. The Bertz CT molecular complexity index is 555. The number of aromatic nitrogens is 3. The van der Waals surface area contributed by atoms with Crippen LogP contribution in [-0.4, -0.2) is 39.0 Å². The maximum absolute atomic E-state index is 9.92. The van der Waals surface area contributed by atoms with Gasteiger partial charge in [0.2, 0.25) is 5.95 Å². The van der Waals surface area contributed by atoms with Crippen LogP contribution < -0.4 is 4.90 Å². The summed E-state index contributed by atoms with van der Waals surface area (Å²) in [6.07, 6.45) is 0.739. The average Bonchev–Trinajstić information content (AvgIpc) is 2.69. The highest BCUT2D eigenvalue weighted by Crippen LogP contribution is 2.24. The zero-order valence-corrected chi connectivity index (χ0v) is 9.67. The Labute approximate surface area is 99.1 Å². The first-order chi connectivity index (χ1) is 8.14. The Morgan fingerprint density at radius 3 is 2.71 bits per heavy atom. The number of hydrogen-bond donors (Lipinski definition) is 1. The van der Waals surface area contributed by atoms with Gasteiger partial charge in [-0.3, -0.25) is 0 Å². The predicted octanol–water partition coefficient (Wildman–Crippen LogP) is 0.986. The molecule has 1 aliphatic heterocycles. The molecule has 0 spiro atoms. The molecule has 1 aliphatic rings. The first-order valence-electron chi connectivity index (χ1n) is 5.71. The van der Waals surface area contributed by atoms with E-state index in [4.69, 9.17) is 0 Å². The molecule has 3 rings (SSSR count). The van der Waals surface area contributed by atoms with Gasteiger partial charge in [0.25, 0.3) is 0 Å². The molecule has 5 nitrogen and oxygen atoms in total. The summed E-state index contributed by atoms with van der Waals surface area (Å²) < 4.78 is 0. The second-order valence-electron chi connectivity index (χ2n) is 4.77. The molecular formula is C12H14N4O. The Morgan fingerprint density at radius 1 is 1.24 bits per heavy atom. The zero-order chi connectivity index (χ0) is 11.9. The van der Waals surface area contributed by atoms with Crippen molar-refractivity contribution in [3.63, 3.8) is 0 Å². The van der Waals surface area contributed by atoms with Gasteiger partial charge in [-0.25, -0.2) is 4.98 Å². The summed E-state index contributed by atoms with van der Waals surface area (Å²) in [5, 5.41) is 18.2. The van der Waals surface area contributed by atoms with Gasteiger partial charge in [0.1, 0.15) is 5.52 Å². The van der Waals surface area contributed by atoms with Gasteiger partial charge in [-0.05, 0) is 25.5 Å². The summed E-state index contributed by atoms with van der Waals surface area (Å²) in [7, 11) is 0. The molecule has 5 heteroatoms. The van der Waals surface area contributed by atoms with Crippen molar-refractivity contribution < 1.29 is 5.11 Å². The van der Waals surface area contributed by atoms with Crippen LogP contribution in [0.4, 0.5) is 5.95 Å². The lowest BCUT2D eigenvalue weighted by molar-refractivity contribution is 0.0838. The van der Waals surface area contributed by atoms with Crippen molar-refractivity contribution >= 4 is 17.0 Å². The highest BCUT2D eigenvalue weighted by Gasteiger charge is 2.32. The van der Waals surface area contributed by atoms with Gasteiger partial charge in [0.15, 0.2) is 0 Å². The van der Waals surface area contributed by atoms with Crippen molar-refractivity contribution in [2.75, 3.05) is 18.0 Å². The molecule has 1 atom stereocenters. The minimum atomic E-state index is -0.644. The van der Waals surface area contributed by atoms with E-state index in [0.717, 1.165) is 24.0 Å². The van der Waals surface area contributed by atoms with Crippen molar-refractivity contribution in [3.05, 3.63) is 24.3 Å². The van der Waals surface area contributed by atoms with Gasteiger partial charge in [0, 0.05) is 13.1 Å². The number of nitrogens with zero attached hydrogens (tertiary/aromatic N) is 4. The van der Waals surface area contributed by atoms with Gasteiger partial charge in [0.05, 0.1) is 11.1 Å². The smallest absolute Gasteiger partial charge is 0.246 e. The summed E-state index contributed by atoms with van der Waals surface area (Å²) in [5.41, 5.74) is 0.987. The molecule has 0 radical (unpaired) electrons. The maximum atomic E-state index is 9.92. The van der Waals surface area contributed by atoms with Crippen LogP contribution >= 0.6 is 0 Å². The Morgan fingerprint density at radius 2 is 2.00 bits per heavy atom. The van der Waals surface area contributed by atoms with Crippen molar-refractivity contribution in [2.24, 2.45) is 0 Å². The molecule has 1 fully saturated rings. The summed E-state index contributed by atoms with van der Waals surface area (Å²) >= 11 is 0. The molecule has 17 heavy (non-hydrogen) atoms. The Balaban J connectivity index is 1.96. The SMILES string of the molecule is CC1(O)CCN(c2nnc3ccccc3n2)C1. The molecule has 1 N–H and O–H groups in total. The molecule has 1 aromatic carbocycles. The largest absolute Gasteiger partial charge is 0.388 e. The van der Waals surface area contributed by atoms with E-state index in [1.165, 1.54) is 0 Å². The highest BCUT2D eigenvalue weighted by atomic mass is 16.3. The van der Waals surface area contributed by atoms with Gasteiger partial charge >= 0.3 is 0 Å². The number of anilines is 1. The van der Waals surface area contributed by atoms with Crippen LogP contribution in [0.3, 0.4) is 0 Å². The van der Waals surface area contributed by atoms with E-state index in [1.807, 2.05) is 36.1 Å². The van der Waals surface area contributed by atoms with E-state index in [2.05, 4.69) is 15.2 Å². The lowest BCUT2D eigenvalue weighted by atomic mass is 10.1. The summed E-state index contributed by atoms with van der Waals surface area (Å²) in [5.74, 6) is 0.599. The second-order valence-corrected chi connectivity index (χ2v) is 4.77. The molecule has 2 aromatic rings. The van der Waals surface area contributed by atoms with Crippen LogP contribution in [0.5, 0.6) is 0 Å². The quantitative estimate of drug-likeness (QED) is 0.791. The van der Waals surface area contributed by atoms with E-state index in [-0.39, 0.29) is 0 Å². The topological polar surface area (TPSA) is 62.1 Å². The van der Waals surface area contributed by atoms with E-state index < -0.39 is 5.60 Å². The number of β-amino-alcohol motifs (C(OH)–C–C–N with tert-alkyl or cyclic N) is 1. The third-order valence-corrected chi connectivity index (χ3v) is 3.08. The maximum Gasteiger partial charge on any atom is 0.246 e. The lowest BCUT2D eigenvalue weighted by Crippen LogP contribution is -2.30. The summed E-state index contributed by atoms with van der Waals surface area (Å²) in [6.45, 7) is 3.17. The van der Waals surface area contributed by atoms with Crippen LogP contribution in [0, 0.1) is 0 Å². The minimum Gasteiger partial charge on any atom is -0.388 e. The van der Waals surface area contributed by atoms with Crippen LogP contribution in [0.1, 0.15) is 13.3 Å². The second kappa shape index (κ2) is 3.63. The highest BCUT2D eigenvalue weighted by molar-refractivity contribution is 5.74. The van der Waals surface area contributed by atoms with Crippen molar-refractivity contribution in [3.8, 4) is 0 Å². The van der Waals surface area contributed by atoms with E-state index >= 15 is 0 Å². The number of benzene rings is 1. The monoisotopic (exact) mass is 230 g/mol. The third-order valence-electron chi connectivity index (χ3n) is 3.08. The van der Waals surface area contributed by atoms with Crippen LogP contribution in [0.15, 0.2) is 24.3 Å². The molecule has 88 valence electrons. The van der Waals surface area contributed by atoms with Gasteiger partial charge in [-0.15, -0.1) is 10.2 Å². The third kappa shape index (κ3) is 1.93. The van der Waals surface area contributed by atoms with E-state index in [1.54, 1.807) is 0 Å². The number of fused-ring (bicyclic) bond motifs is 1. The fraction of sp³-hybridized carbons (Fsp3) is 0.417. The van der Waals surface area contributed by atoms with Crippen LogP contribution in [0.25, 0.3) is 11.0 Å². The number of rotatable bonds is 1. The molecule has 1 aromatic heterocycles. The summed E-state index contributed by atoms with van der Waals surface area (Å²) in [4.78, 5) is 6.44. The first kappa shape index (κ1) is 10.4. The Hall–Kier alpha value is -1.75. The molecular weight excluding hydrogens is 216 g/mol. The number of para-hydroxylation sites is 1. The van der Waals surface area contributed by atoms with Gasteiger partial charge < -0.3 is 10.0 Å². The fourth-order valence-electron chi connectivity index (χ4n) is 2.12. The first-order valence-corrected chi connectivity index (χ1v) is 5.71. The molecule has 0 bridgehead atoms. The van der Waals surface area contributed by atoms with Crippen LogP contribution in [0.2, 0.25) is 0 Å². The van der Waals surface area contributed by atoms with Gasteiger partial charge in [-0.1, -0.05) is 12.1 Å². The number of aliphatic hydroxyl groups is 1. The molecule has 0 amide bonds. The van der Waals surface area contributed by atoms with Crippen molar-refractivity contribution in [2.45, 2.75) is 18.9 Å². The normalized spacial score (nSPS) is 24.5. The molecule has 1 unspecified atom stereocenters. The Kier molecular flexibility index (Phi) is 2.22. The van der Waals surface area contributed by atoms with Crippen LogP contribution in [-0.2, 0) is 0 Å². The lowest BCUT2D eigenvalue weighted by Gasteiger charge is -2.18. The average molecular weight is 230 g/mol. The van der Waals surface area contributed by atoms with Crippen molar-refractivity contribution in [1.29, 1.82) is 0 Å². The van der Waals surface area contributed by atoms with Crippen molar-refractivity contribution in [1.82, 2.24) is 15.2 Å². The van der Waals surface area contributed by atoms with E-state index in [9.17, 15) is 5.11 Å². The molecule has 2 heterocycles. The fourth-order valence-corrected chi connectivity index (χ4v) is 2.12. The standard InChI is InChI=1S/C12H14N4O/c1-12(17)6-7-16(8-12)11-13-9-4-2-3-5-10(9)14-15-11/h2-5,17H,6-8H2,1H3. The van der Waals surface area contributed by atoms with E-state index in [0.29, 0.717) is 12.5 Å². The summed E-state index contributed by atoms with van der Waals surface area (Å²) in [6, 6.07) is 7.65. The molecule has 0 saturated carbocycles. The molecule has 0 aliphatic carbocycles.